The van der Waals surface area contributed by atoms with Crippen molar-refractivity contribution in [2.24, 2.45) is 0 Å². The number of rotatable bonds is 9. The van der Waals surface area contributed by atoms with E-state index in [1.807, 2.05) is 60.1 Å². The Morgan fingerprint density at radius 2 is 1.80 bits per heavy atom. The van der Waals surface area contributed by atoms with Crippen molar-refractivity contribution in [3.05, 3.63) is 111 Å². The van der Waals surface area contributed by atoms with Gasteiger partial charge in [-0.2, -0.15) is 0 Å². The van der Waals surface area contributed by atoms with E-state index in [4.69, 9.17) is 9.47 Å². The molecule has 9 heteroatoms. The Bertz CT molecular complexity index is 1710. The number of aryl methyl sites for hydroxylation is 2. The Labute approximate surface area is 232 Å². The molecular weight excluding hydrogens is 504 g/mol. The van der Waals surface area contributed by atoms with Crippen LogP contribution in [-0.4, -0.2) is 36.9 Å². The highest BCUT2D eigenvalue weighted by molar-refractivity contribution is 5.83. The molecule has 0 aliphatic carbocycles. The summed E-state index contributed by atoms with van der Waals surface area (Å²) < 4.78 is 13.0. The lowest BCUT2D eigenvalue weighted by molar-refractivity contribution is 0.161. The molecule has 0 radical (unpaired) electrons. The van der Waals surface area contributed by atoms with Crippen LogP contribution in [-0.2, 0) is 19.6 Å². The van der Waals surface area contributed by atoms with E-state index in [1.165, 1.54) is 0 Å². The number of hydrogen-bond donors (Lipinski definition) is 1. The van der Waals surface area contributed by atoms with Gasteiger partial charge in [0.15, 0.2) is 17.3 Å². The number of fused-ring (bicyclic) bond motifs is 2. The Hall–Kier alpha value is -4.50. The molecule has 2 aromatic heterocycles. The molecule has 40 heavy (non-hydrogen) atoms. The molecule has 9 nitrogen and oxygen atoms in total. The second-order valence-electron chi connectivity index (χ2n) is 10.4. The number of ether oxygens (including phenoxy) is 2. The maximum Gasteiger partial charge on any atom is 0.252 e. The summed E-state index contributed by atoms with van der Waals surface area (Å²) in [5.41, 5.74) is 5.88. The smallest absolute Gasteiger partial charge is 0.252 e. The van der Waals surface area contributed by atoms with Gasteiger partial charge < -0.3 is 14.5 Å². The number of hydrogen-bond acceptors (Lipinski definition) is 7. The van der Waals surface area contributed by atoms with E-state index in [1.54, 1.807) is 0 Å². The van der Waals surface area contributed by atoms with Crippen LogP contribution in [0.25, 0.3) is 10.9 Å². The highest BCUT2D eigenvalue weighted by atomic mass is 16.7. The molecule has 0 amide bonds. The molecule has 6 rings (SSSR count). The number of aromatic amines is 1. The summed E-state index contributed by atoms with van der Waals surface area (Å²) in [5.74, 6) is 2.23. The maximum atomic E-state index is 13.3. The number of pyridine rings is 1. The monoisotopic (exact) mass is 536 g/mol. The second-order valence-corrected chi connectivity index (χ2v) is 10.4. The zero-order valence-electron chi connectivity index (χ0n) is 22.9. The van der Waals surface area contributed by atoms with E-state index < -0.39 is 0 Å². The summed E-state index contributed by atoms with van der Waals surface area (Å²) in [5, 5.41) is 13.9. The summed E-state index contributed by atoms with van der Waals surface area (Å²) in [6, 6.07) is 22.2. The number of nitrogens with zero attached hydrogens (tertiary/aromatic N) is 5. The molecule has 0 saturated heterocycles. The fraction of sp³-hybridized carbons (Fsp3) is 0.290. The molecule has 0 saturated carbocycles. The van der Waals surface area contributed by atoms with Crippen LogP contribution in [0.1, 0.15) is 53.0 Å². The average molecular weight is 537 g/mol. The average Bonchev–Trinajstić information content (AvgIpc) is 3.60. The first kappa shape index (κ1) is 25.8. The Morgan fingerprint density at radius 3 is 2.62 bits per heavy atom. The normalized spacial score (nSPS) is 13.3. The van der Waals surface area contributed by atoms with Gasteiger partial charge in [-0.1, -0.05) is 49.4 Å². The molecule has 204 valence electrons. The number of H-pyrrole nitrogens is 1. The highest BCUT2D eigenvalue weighted by Crippen LogP contribution is 2.34. The van der Waals surface area contributed by atoms with E-state index in [-0.39, 0.29) is 18.4 Å². The SMILES string of the molecule is CCC(c1nnnn1Cc1ccccc1)N(Cc1ccc2c(c1)OCO2)Cc1cc2c(C)cc(C)cc2[nH]c1=O. The molecule has 1 aliphatic heterocycles. The first-order valence-corrected chi connectivity index (χ1v) is 13.5. The number of benzene rings is 3. The topological polar surface area (TPSA) is 98.2 Å². The zero-order chi connectivity index (χ0) is 27.6. The van der Waals surface area contributed by atoms with Crippen LogP contribution in [0.5, 0.6) is 11.5 Å². The van der Waals surface area contributed by atoms with Gasteiger partial charge in [0.2, 0.25) is 6.79 Å². The van der Waals surface area contributed by atoms with Gasteiger partial charge in [0, 0.05) is 29.6 Å². The molecule has 5 aromatic rings. The molecule has 1 atom stereocenters. The van der Waals surface area contributed by atoms with Crippen molar-refractivity contribution >= 4 is 10.9 Å². The number of tetrazole rings is 1. The fourth-order valence-corrected chi connectivity index (χ4v) is 5.53. The fourth-order valence-electron chi connectivity index (χ4n) is 5.53. The van der Waals surface area contributed by atoms with Gasteiger partial charge in [-0.05, 0) is 77.2 Å². The Morgan fingerprint density at radius 1 is 0.975 bits per heavy atom. The standard InChI is InChI=1S/C31H32N6O3/c1-4-27(30-33-34-35-37(30)17-22-8-6-5-7-9-22)36(16-23-10-11-28-29(14-23)40-19-39-28)18-24-15-25-21(3)12-20(2)13-26(25)32-31(24)38/h5-15,27H,4,16-19H2,1-3H3,(H,32,38). The van der Waals surface area contributed by atoms with Crippen molar-refractivity contribution in [1.82, 2.24) is 30.1 Å². The van der Waals surface area contributed by atoms with E-state index in [0.29, 0.717) is 25.2 Å². The van der Waals surface area contributed by atoms with Crippen LogP contribution in [0.4, 0.5) is 0 Å². The minimum Gasteiger partial charge on any atom is -0.454 e. The summed E-state index contributed by atoms with van der Waals surface area (Å²) in [6.07, 6.45) is 0.753. The zero-order valence-corrected chi connectivity index (χ0v) is 22.9. The highest BCUT2D eigenvalue weighted by Gasteiger charge is 2.27. The molecule has 0 spiro atoms. The molecule has 0 fully saturated rings. The van der Waals surface area contributed by atoms with E-state index >= 15 is 0 Å². The predicted molar refractivity (Wildman–Crippen MR) is 152 cm³/mol. The molecule has 3 aromatic carbocycles. The van der Waals surface area contributed by atoms with Crippen molar-refractivity contribution in [1.29, 1.82) is 0 Å². The van der Waals surface area contributed by atoms with Crippen molar-refractivity contribution < 1.29 is 9.47 Å². The lowest BCUT2D eigenvalue weighted by Gasteiger charge is -2.30. The predicted octanol–water partition coefficient (Wildman–Crippen LogP) is 5.06. The van der Waals surface area contributed by atoms with E-state index in [0.717, 1.165) is 56.9 Å². The van der Waals surface area contributed by atoms with Crippen molar-refractivity contribution in [3.63, 3.8) is 0 Å². The van der Waals surface area contributed by atoms with Crippen LogP contribution in [0.2, 0.25) is 0 Å². The van der Waals surface area contributed by atoms with Gasteiger partial charge in [0.1, 0.15) is 0 Å². The Balaban J connectivity index is 1.39. The van der Waals surface area contributed by atoms with Crippen LogP contribution < -0.4 is 15.0 Å². The molecule has 1 aliphatic rings. The number of nitrogens with one attached hydrogen (secondary N) is 1. The minimum atomic E-state index is -0.140. The first-order chi connectivity index (χ1) is 19.5. The third-order valence-corrected chi connectivity index (χ3v) is 7.45. The Kier molecular flexibility index (Phi) is 7.04. The van der Waals surface area contributed by atoms with Gasteiger partial charge in [-0.15, -0.1) is 5.10 Å². The summed E-state index contributed by atoms with van der Waals surface area (Å²) in [4.78, 5) is 18.7. The van der Waals surface area contributed by atoms with Crippen molar-refractivity contribution in [2.45, 2.75) is 52.9 Å². The minimum absolute atomic E-state index is 0.0908. The second kappa shape index (κ2) is 10.9. The first-order valence-electron chi connectivity index (χ1n) is 13.5. The van der Waals surface area contributed by atoms with Crippen LogP contribution in [0.15, 0.2) is 71.5 Å². The van der Waals surface area contributed by atoms with Gasteiger partial charge >= 0.3 is 0 Å². The lowest BCUT2D eigenvalue weighted by atomic mass is 10.0. The van der Waals surface area contributed by atoms with Crippen molar-refractivity contribution in [3.8, 4) is 11.5 Å². The third-order valence-electron chi connectivity index (χ3n) is 7.45. The van der Waals surface area contributed by atoms with Crippen LogP contribution in [0.3, 0.4) is 0 Å². The molecule has 1 unspecified atom stereocenters. The van der Waals surface area contributed by atoms with Crippen LogP contribution >= 0.6 is 0 Å². The lowest BCUT2D eigenvalue weighted by Crippen LogP contribution is -2.32. The van der Waals surface area contributed by atoms with Crippen LogP contribution in [0, 0.1) is 13.8 Å². The third kappa shape index (κ3) is 5.20. The van der Waals surface area contributed by atoms with E-state index in [2.05, 4.69) is 57.5 Å². The largest absolute Gasteiger partial charge is 0.454 e. The van der Waals surface area contributed by atoms with Gasteiger partial charge in [-0.3, -0.25) is 9.69 Å². The van der Waals surface area contributed by atoms with E-state index in [9.17, 15) is 4.79 Å². The number of aromatic nitrogens is 5. The summed E-state index contributed by atoms with van der Waals surface area (Å²) >= 11 is 0. The van der Waals surface area contributed by atoms with Gasteiger partial charge in [-0.25, -0.2) is 4.68 Å². The molecular formula is C31H32N6O3. The van der Waals surface area contributed by atoms with Gasteiger partial charge in [0.25, 0.3) is 5.56 Å². The molecule has 3 heterocycles. The molecule has 1 N–H and O–H groups in total. The summed E-state index contributed by atoms with van der Waals surface area (Å²) in [7, 11) is 0. The van der Waals surface area contributed by atoms with Crippen molar-refractivity contribution in [2.75, 3.05) is 6.79 Å². The van der Waals surface area contributed by atoms with Gasteiger partial charge in [0.05, 0.1) is 12.6 Å². The summed E-state index contributed by atoms with van der Waals surface area (Å²) in [6.45, 7) is 8.01. The molecule has 0 bridgehead atoms. The quantitative estimate of drug-likeness (QED) is 0.281. The maximum absolute atomic E-state index is 13.3.